The fraction of sp³-hybridized carbons (Fsp3) is 0.889. The topological polar surface area (TPSA) is 49.8 Å². The molecule has 0 saturated carbocycles. The predicted octanol–water partition coefficient (Wildman–Crippen LogP) is 0.523. The van der Waals surface area contributed by atoms with E-state index < -0.39 is 12.0 Å². The van der Waals surface area contributed by atoms with Gasteiger partial charge in [-0.05, 0) is 0 Å². The third-order valence-electron chi connectivity index (χ3n) is 2.32. The van der Waals surface area contributed by atoms with Gasteiger partial charge in [0.25, 0.3) is 0 Å². The number of rotatable bonds is 4. The SMILES string of the molecule is COCC(C(=O)O)N1CCSC(C)C1. The number of nitrogens with zero attached hydrogens (tertiary/aromatic N) is 1. The normalized spacial score (nSPS) is 26.0. The second kappa shape index (κ2) is 5.58. The van der Waals surface area contributed by atoms with Crippen LogP contribution < -0.4 is 0 Å². The molecule has 2 unspecified atom stereocenters. The van der Waals surface area contributed by atoms with E-state index >= 15 is 0 Å². The predicted molar refractivity (Wildman–Crippen MR) is 56.8 cm³/mol. The molecule has 0 aliphatic carbocycles. The molecule has 1 rings (SSSR count). The Morgan fingerprint density at radius 2 is 2.50 bits per heavy atom. The van der Waals surface area contributed by atoms with Crippen LogP contribution in [0.15, 0.2) is 0 Å². The van der Waals surface area contributed by atoms with E-state index in [0.717, 1.165) is 18.8 Å². The fourth-order valence-electron chi connectivity index (χ4n) is 1.62. The van der Waals surface area contributed by atoms with Gasteiger partial charge in [-0.15, -0.1) is 0 Å². The van der Waals surface area contributed by atoms with E-state index in [9.17, 15) is 4.79 Å². The zero-order valence-corrected chi connectivity index (χ0v) is 9.42. The quantitative estimate of drug-likeness (QED) is 0.747. The smallest absolute Gasteiger partial charge is 0.323 e. The molecule has 5 heteroatoms. The van der Waals surface area contributed by atoms with Gasteiger partial charge < -0.3 is 9.84 Å². The van der Waals surface area contributed by atoms with Crippen molar-refractivity contribution in [3.8, 4) is 0 Å². The highest BCUT2D eigenvalue weighted by Crippen LogP contribution is 2.19. The Kier molecular flexibility index (Phi) is 4.71. The van der Waals surface area contributed by atoms with E-state index in [2.05, 4.69) is 6.92 Å². The number of thioether (sulfide) groups is 1. The van der Waals surface area contributed by atoms with Gasteiger partial charge in [-0.1, -0.05) is 6.92 Å². The van der Waals surface area contributed by atoms with Crippen molar-refractivity contribution in [1.29, 1.82) is 0 Å². The van der Waals surface area contributed by atoms with Gasteiger partial charge in [-0.3, -0.25) is 9.69 Å². The van der Waals surface area contributed by atoms with Crippen LogP contribution in [0.2, 0.25) is 0 Å². The van der Waals surface area contributed by atoms with Crippen molar-refractivity contribution >= 4 is 17.7 Å². The fourth-order valence-corrected chi connectivity index (χ4v) is 2.66. The van der Waals surface area contributed by atoms with Gasteiger partial charge in [0.05, 0.1) is 6.61 Å². The summed E-state index contributed by atoms with van der Waals surface area (Å²) >= 11 is 1.89. The summed E-state index contributed by atoms with van der Waals surface area (Å²) in [5, 5.41) is 9.53. The summed E-state index contributed by atoms with van der Waals surface area (Å²) in [5.41, 5.74) is 0. The zero-order valence-electron chi connectivity index (χ0n) is 8.60. The molecule has 0 aromatic heterocycles. The third-order valence-corrected chi connectivity index (χ3v) is 3.46. The van der Waals surface area contributed by atoms with Gasteiger partial charge in [0.15, 0.2) is 0 Å². The van der Waals surface area contributed by atoms with E-state index in [-0.39, 0.29) is 6.61 Å². The van der Waals surface area contributed by atoms with Crippen LogP contribution in [0.1, 0.15) is 6.92 Å². The average Bonchev–Trinajstić information content (AvgIpc) is 2.13. The van der Waals surface area contributed by atoms with Crippen molar-refractivity contribution in [2.75, 3.05) is 32.6 Å². The molecule has 0 spiro atoms. The number of ether oxygens (including phenoxy) is 1. The Morgan fingerprint density at radius 1 is 1.79 bits per heavy atom. The number of aliphatic carboxylic acids is 1. The number of carboxylic acid groups (broad SMARTS) is 1. The van der Waals surface area contributed by atoms with Gasteiger partial charge in [-0.2, -0.15) is 11.8 Å². The van der Waals surface area contributed by atoms with Crippen LogP contribution in [0, 0.1) is 0 Å². The van der Waals surface area contributed by atoms with Gasteiger partial charge in [0.1, 0.15) is 6.04 Å². The lowest BCUT2D eigenvalue weighted by Crippen LogP contribution is -2.49. The maximum atomic E-state index is 11.0. The Bertz CT molecular complexity index is 200. The lowest BCUT2D eigenvalue weighted by Gasteiger charge is -2.34. The van der Waals surface area contributed by atoms with Crippen LogP contribution in [0.5, 0.6) is 0 Å². The van der Waals surface area contributed by atoms with Gasteiger partial charge in [0.2, 0.25) is 0 Å². The van der Waals surface area contributed by atoms with Crippen LogP contribution in [0.3, 0.4) is 0 Å². The van der Waals surface area contributed by atoms with Crippen molar-refractivity contribution < 1.29 is 14.6 Å². The Hall–Kier alpha value is -0.260. The highest BCUT2D eigenvalue weighted by atomic mass is 32.2. The molecule has 1 aliphatic rings. The van der Waals surface area contributed by atoms with Crippen LogP contribution in [0.4, 0.5) is 0 Å². The summed E-state index contributed by atoms with van der Waals surface area (Å²) < 4.78 is 4.92. The molecular formula is C9H17NO3S. The van der Waals surface area contributed by atoms with Crippen molar-refractivity contribution in [3.05, 3.63) is 0 Å². The minimum absolute atomic E-state index is 0.271. The third kappa shape index (κ3) is 3.15. The van der Waals surface area contributed by atoms with Crippen LogP contribution in [-0.2, 0) is 9.53 Å². The van der Waals surface area contributed by atoms with Gasteiger partial charge in [0, 0.05) is 31.2 Å². The van der Waals surface area contributed by atoms with Crippen molar-refractivity contribution in [2.45, 2.75) is 18.2 Å². The van der Waals surface area contributed by atoms with E-state index in [1.165, 1.54) is 7.11 Å². The monoisotopic (exact) mass is 219 g/mol. The van der Waals surface area contributed by atoms with E-state index in [1.54, 1.807) is 0 Å². The first-order valence-corrected chi connectivity index (χ1v) is 5.77. The molecule has 0 radical (unpaired) electrons. The average molecular weight is 219 g/mol. The largest absolute Gasteiger partial charge is 0.480 e. The maximum absolute atomic E-state index is 11.0. The van der Waals surface area contributed by atoms with E-state index in [4.69, 9.17) is 9.84 Å². The molecule has 1 saturated heterocycles. The molecule has 82 valence electrons. The van der Waals surface area contributed by atoms with Crippen molar-refractivity contribution in [2.24, 2.45) is 0 Å². The maximum Gasteiger partial charge on any atom is 0.323 e. The summed E-state index contributed by atoms with van der Waals surface area (Å²) in [6.45, 7) is 4.08. The van der Waals surface area contributed by atoms with E-state index in [0.29, 0.717) is 5.25 Å². The molecule has 0 aromatic carbocycles. The zero-order chi connectivity index (χ0) is 10.6. The molecule has 1 N–H and O–H groups in total. The summed E-state index contributed by atoms with van der Waals surface area (Å²) in [7, 11) is 1.54. The number of hydrogen-bond acceptors (Lipinski definition) is 4. The molecule has 14 heavy (non-hydrogen) atoms. The summed E-state index contributed by atoms with van der Waals surface area (Å²) in [6.07, 6.45) is 0. The van der Waals surface area contributed by atoms with Crippen LogP contribution >= 0.6 is 11.8 Å². The molecule has 1 fully saturated rings. The molecule has 0 amide bonds. The van der Waals surface area contributed by atoms with Crippen molar-refractivity contribution in [3.63, 3.8) is 0 Å². The Morgan fingerprint density at radius 3 is 3.00 bits per heavy atom. The Labute approximate surface area is 88.6 Å². The van der Waals surface area contributed by atoms with Crippen LogP contribution in [-0.4, -0.2) is 59.8 Å². The first kappa shape index (κ1) is 11.8. The van der Waals surface area contributed by atoms with E-state index in [1.807, 2.05) is 16.7 Å². The molecule has 1 heterocycles. The number of carboxylic acids is 1. The van der Waals surface area contributed by atoms with Crippen LogP contribution in [0.25, 0.3) is 0 Å². The van der Waals surface area contributed by atoms with Crippen molar-refractivity contribution in [1.82, 2.24) is 4.90 Å². The highest BCUT2D eigenvalue weighted by molar-refractivity contribution is 7.99. The summed E-state index contributed by atoms with van der Waals surface area (Å²) in [5.74, 6) is 0.222. The lowest BCUT2D eigenvalue weighted by molar-refractivity contribution is -0.145. The first-order valence-electron chi connectivity index (χ1n) is 4.72. The second-order valence-corrected chi connectivity index (χ2v) is 5.03. The molecule has 0 bridgehead atoms. The standard InChI is InChI=1S/C9H17NO3S/c1-7-5-10(3-4-14-7)8(6-13-2)9(11)12/h7-8H,3-6H2,1-2H3,(H,11,12). The van der Waals surface area contributed by atoms with Gasteiger partial charge >= 0.3 is 5.97 Å². The Balaban J connectivity index is 2.53. The molecular weight excluding hydrogens is 202 g/mol. The lowest BCUT2D eigenvalue weighted by atomic mass is 10.2. The first-order chi connectivity index (χ1) is 6.65. The number of hydrogen-bond donors (Lipinski definition) is 1. The number of carbonyl (C=O) groups is 1. The molecule has 4 nitrogen and oxygen atoms in total. The highest BCUT2D eigenvalue weighted by Gasteiger charge is 2.28. The second-order valence-electron chi connectivity index (χ2n) is 3.49. The summed E-state index contributed by atoms with van der Waals surface area (Å²) in [6, 6.07) is -0.483. The minimum Gasteiger partial charge on any atom is -0.480 e. The molecule has 1 aliphatic heterocycles. The minimum atomic E-state index is -0.786. The summed E-state index contributed by atoms with van der Waals surface area (Å²) in [4.78, 5) is 13.0. The molecule has 0 aromatic rings. The number of methoxy groups -OCH3 is 1. The van der Waals surface area contributed by atoms with Gasteiger partial charge in [-0.25, -0.2) is 0 Å². The molecule has 2 atom stereocenters.